The van der Waals surface area contributed by atoms with Gasteiger partial charge in [0.1, 0.15) is 11.4 Å². The minimum atomic E-state index is -0.731. The fourth-order valence-corrected chi connectivity index (χ4v) is 4.79. The number of carbonyl (C=O) groups is 2. The molecule has 3 N–H and O–H groups in total. The SMILES string of the molecule is COc1ccc(N2CCN(C(=O)On3c(O)c(CNCC4CCN(C(=O)OC(C)(C)C)CC4)[nH]c3=O)CC2)cc1. The molecule has 0 atom stereocenters. The summed E-state index contributed by atoms with van der Waals surface area (Å²) in [6.07, 6.45) is 0.636. The van der Waals surface area contributed by atoms with Crippen molar-refractivity contribution in [3.8, 4) is 11.6 Å². The number of anilines is 1. The molecule has 0 aliphatic carbocycles. The largest absolute Gasteiger partial charge is 0.497 e. The Balaban J connectivity index is 1.21. The standard InChI is InChI=1S/C27H40N6O7/c1-27(2,3)39-25(36)31-11-9-19(10-12-31)17-28-18-22-23(34)33(24(35)29-22)40-26(37)32-15-13-30(14-16-32)20-5-7-21(38-4)8-6-20/h5-8,19,28,34H,9-18H2,1-4H3,(H,29,35). The number of hydrogen-bond acceptors (Lipinski definition) is 9. The minimum absolute atomic E-state index is 0.193. The number of ether oxygens (including phenoxy) is 2. The molecule has 0 saturated carbocycles. The summed E-state index contributed by atoms with van der Waals surface area (Å²) in [6, 6.07) is 7.71. The summed E-state index contributed by atoms with van der Waals surface area (Å²) in [5.41, 5.74) is 0.00367. The highest BCUT2D eigenvalue weighted by atomic mass is 16.7. The summed E-state index contributed by atoms with van der Waals surface area (Å²) in [7, 11) is 1.62. The number of imidazole rings is 1. The molecule has 220 valence electrons. The summed E-state index contributed by atoms with van der Waals surface area (Å²) in [6.45, 7) is 9.63. The fraction of sp³-hybridized carbons (Fsp3) is 0.593. The number of piperazine rings is 1. The first-order chi connectivity index (χ1) is 19.0. The van der Waals surface area contributed by atoms with Crippen LogP contribution in [0.4, 0.5) is 15.3 Å². The number of aromatic hydroxyl groups is 1. The molecule has 40 heavy (non-hydrogen) atoms. The quantitative estimate of drug-likeness (QED) is 0.464. The van der Waals surface area contributed by atoms with Crippen LogP contribution in [0.3, 0.4) is 0 Å². The number of aromatic amines is 1. The van der Waals surface area contributed by atoms with Crippen molar-refractivity contribution >= 4 is 17.9 Å². The molecule has 4 rings (SSSR count). The number of likely N-dealkylation sites (tertiary alicyclic amines) is 1. The van der Waals surface area contributed by atoms with Crippen LogP contribution in [-0.2, 0) is 11.3 Å². The number of nitrogens with zero attached hydrogens (tertiary/aromatic N) is 4. The molecular formula is C27H40N6O7. The minimum Gasteiger partial charge on any atom is -0.497 e. The number of methoxy groups -OCH3 is 1. The zero-order valence-electron chi connectivity index (χ0n) is 23.6. The van der Waals surface area contributed by atoms with Crippen LogP contribution in [0.1, 0.15) is 39.3 Å². The summed E-state index contributed by atoms with van der Waals surface area (Å²) in [4.78, 5) is 50.5. The van der Waals surface area contributed by atoms with Crippen molar-refractivity contribution in [1.82, 2.24) is 24.8 Å². The number of piperidine rings is 1. The molecule has 2 aliphatic heterocycles. The summed E-state index contributed by atoms with van der Waals surface area (Å²) < 4.78 is 11.2. The smallest absolute Gasteiger partial charge is 0.434 e. The van der Waals surface area contributed by atoms with Crippen molar-refractivity contribution in [2.75, 3.05) is 57.8 Å². The second-order valence-corrected chi connectivity index (χ2v) is 11.1. The molecule has 13 nitrogen and oxygen atoms in total. The highest BCUT2D eigenvalue weighted by Crippen LogP contribution is 2.22. The lowest BCUT2D eigenvalue weighted by atomic mass is 9.97. The summed E-state index contributed by atoms with van der Waals surface area (Å²) >= 11 is 0. The van der Waals surface area contributed by atoms with Gasteiger partial charge in [-0.2, -0.15) is 0 Å². The van der Waals surface area contributed by atoms with E-state index in [1.54, 1.807) is 12.0 Å². The van der Waals surface area contributed by atoms with E-state index in [1.165, 1.54) is 4.90 Å². The Morgan fingerprint density at radius 3 is 2.23 bits per heavy atom. The zero-order chi connectivity index (χ0) is 28.9. The third-order valence-electron chi connectivity index (χ3n) is 7.05. The Bertz CT molecular complexity index is 1200. The van der Waals surface area contributed by atoms with Gasteiger partial charge in [-0.1, -0.05) is 4.73 Å². The lowest BCUT2D eigenvalue weighted by Crippen LogP contribution is -2.51. The molecule has 2 aliphatic rings. The lowest BCUT2D eigenvalue weighted by Gasteiger charge is -2.35. The van der Waals surface area contributed by atoms with E-state index in [-0.39, 0.29) is 18.3 Å². The first kappa shape index (κ1) is 29.1. The highest BCUT2D eigenvalue weighted by molar-refractivity contribution is 5.69. The second kappa shape index (κ2) is 12.5. The maximum atomic E-state index is 12.7. The molecule has 2 amide bonds. The van der Waals surface area contributed by atoms with Gasteiger partial charge < -0.3 is 44.4 Å². The Morgan fingerprint density at radius 2 is 1.62 bits per heavy atom. The molecule has 2 fully saturated rings. The van der Waals surface area contributed by atoms with E-state index in [0.29, 0.717) is 56.5 Å². The number of amides is 2. The predicted octanol–water partition coefficient (Wildman–Crippen LogP) is 2.00. The van der Waals surface area contributed by atoms with Crippen molar-refractivity contribution in [2.45, 2.75) is 45.8 Å². The Kier molecular flexibility index (Phi) is 9.13. The van der Waals surface area contributed by atoms with E-state index in [1.807, 2.05) is 45.0 Å². The van der Waals surface area contributed by atoms with Crippen LogP contribution in [0.15, 0.2) is 29.1 Å². The maximum absolute atomic E-state index is 12.7. The Hall–Kier alpha value is -3.87. The van der Waals surface area contributed by atoms with Crippen molar-refractivity contribution in [3.05, 3.63) is 40.4 Å². The molecule has 0 unspecified atom stereocenters. The molecule has 0 spiro atoms. The molecular weight excluding hydrogens is 520 g/mol. The van der Waals surface area contributed by atoms with Gasteiger partial charge in [0.25, 0.3) is 5.88 Å². The van der Waals surface area contributed by atoms with Crippen molar-refractivity contribution < 1.29 is 29.0 Å². The third kappa shape index (κ3) is 7.40. The van der Waals surface area contributed by atoms with Gasteiger partial charge in [-0.15, -0.1) is 0 Å². The van der Waals surface area contributed by atoms with Crippen molar-refractivity contribution in [2.24, 2.45) is 5.92 Å². The molecule has 0 radical (unpaired) electrons. The molecule has 1 aromatic carbocycles. The monoisotopic (exact) mass is 560 g/mol. The highest BCUT2D eigenvalue weighted by Gasteiger charge is 2.28. The van der Waals surface area contributed by atoms with E-state index >= 15 is 0 Å². The van der Waals surface area contributed by atoms with Gasteiger partial charge in [0.05, 0.1) is 12.8 Å². The fourth-order valence-electron chi connectivity index (χ4n) is 4.79. The molecule has 3 heterocycles. The van der Waals surface area contributed by atoms with Crippen LogP contribution in [0.2, 0.25) is 0 Å². The van der Waals surface area contributed by atoms with E-state index in [4.69, 9.17) is 14.3 Å². The van der Waals surface area contributed by atoms with Gasteiger partial charge >= 0.3 is 17.9 Å². The number of benzene rings is 1. The summed E-state index contributed by atoms with van der Waals surface area (Å²) in [5.74, 6) is 0.671. The van der Waals surface area contributed by atoms with E-state index < -0.39 is 23.3 Å². The van der Waals surface area contributed by atoms with Gasteiger partial charge in [-0.25, -0.2) is 14.4 Å². The molecule has 2 saturated heterocycles. The third-order valence-corrected chi connectivity index (χ3v) is 7.05. The van der Waals surface area contributed by atoms with Crippen LogP contribution in [0.25, 0.3) is 0 Å². The van der Waals surface area contributed by atoms with E-state index in [9.17, 15) is 19.5 Å². The second-order valence-electron chi connectivity index (χ2n) is 11.1. The number of aromatic nitrogens is 2. The van der Waals surface area contributed by atoms with Gasteiger partial charge in [0, 0.05) is 51.5 Å². The Labute approximate surface area is 233 Å². The van der Waals surface area contributed by atoms with Crippen LogP contribution in [0.5, 0.6) is 11.6 Å². The van der Waals surface area contributed by atoms with Gasteiger partial charge in [-0.3, -0.25) is 0 Å². The average molecular weight is 561 g/mol. The van der Waals surface area contributed by atoms with Crippen LogP contribution >= 0.6 is 0 Å². The molecule has 1 aromatic heterocycles. The van der Waals surface area contributed by atoms with E-state index in [0.717, 1.165) is 24.3 Å². The number of rotatable bonds is 7. The van der Waals surface area contributed by atoms with E-state index in [2.05, 4.69) is 15.2 Å². The van der Waals surface area contributed by atoms with Gasteiger partial charge in [0.2, 0.25) is 0 Å². The number of hydrogen-bond donors (Lipinski definition) is 3. The Morgan fingerprint density at radius 1 is 1.00 bits per heavy atom. The van der Waals surface area contributed by atoms with Crippen LogP contribution < -0.4 is 25.5 Å². The number of nitrogens with one attached hydrogen (secondary N) is 2. The lowest BCUT2D eigenvalue weighted by molar-refractivity contribution is 0.0184. The van der Waals surface area contributed by atoms with Gasteiger partial charge in [-0.05, 0) is 70.3 Å². The zero-order valence-corrected chi connectivity index (χ0v) is 23.6. The summed E-state index contributed by atoms with van der Waals surface area (Å²) in [5, 5.41) is 13.8. The van der Waals surface area contributed by atoms with Crippen LogP contribution in [0, 0.1) is 5.92 Å². The topological polar surface area (TPSA) is 142 Å². The normalized spacial score (nSPS) is 16.6. The first-order valence-electron chi connectivity index (χ1n) is 13.6. The molecule has 13 heteroatoms. The van der Waals surface area contributed by atoms with Crippen molar-refractivity contribution in [1.29, 1.82) is 0 Å². The molecule has 0 bridgehead atoms. The molecule has 2 aromatic rings. The van der Waals surface area contributed by atoms with Gasteiger partial charge in [0.15, 0.2) is 0 Å². The number of carbonyl (C=O) groups excluding carboxylic acids is 2. The van der Waals surface area contributed by atoms with Crippen molar-refractivity contribution in [3.63, 3.8) is 0 Å². The first-order valence-corrected chi connectivity index (χ1v) is 13.6. The van der Waals surface area contributed by atoms with Crippen LogP contribution in [-0.4, -0.2) is 95.3 Å². The number of H-pyrrole nitrogens is 1. The average Bonchev–Trinajstić information content (AvgIpc) is 3.20. The predicted molar refractivity (Wildman–Crippen MR) is 148 cm³/mol. The maximum Gasteiger partial charge on any atom is 0.434 e.